The molecule has 0 fully saturated rings. The van der Waals surface area contributed by atoms with Gasteiger partial charge in [0.25, 0.3) is 11.8 Å². The summed E-state index contributed by atoms with van der Waals surface area (Å²) < 4.78 is 10.3. The number of ether oxygens (including phenoxy) is 2. The van der Waals surface area contributed by atoms with E-state index in [-0.39, 0.29) is 19.1 Å². The van der Waals surface area contributed by atoms with Crippen molar-refractivity contribution >= 4 is 52.4 Å². The van der Waals surface area contributed by atoms with Gasteiger partial charge in [-0.2, -0.15) is 0 Å². The van der Waals surface area contributed by atoms with Crippen LogP contribution in [0.25, 0.3) is 0 Å². The first-order valence-corrected chi connectivity index (χ1v) is 8.62. The summed E-state index contributed by atoms with van der Waals surface area (Å²) in [5, 5.41) is 3.20. The first-order chi connectivity index (χ1) is 12.9. The second kappa shape index (κ2) is 8.28. The van der Waals surface area contributed by atoms with E-state index in [1.54, 1.807) is 30.3 Å². The van der Waals surface area contributed by atoms with Gasteiger partial charge in [-0.05, 0) is 30.3 Å². The lowest BCUT2D eigenvalue weighted by Crippen LogP contribution is -2.42. The van der Waals surface area contributed by atoms with Gasteiger partial charge in [0.2, 0.25) is 0 Å². The maximum absolute atomic E-state index is 12.1. The van der Waals surface area contributed by atoms with E-state index in [4.69, 9.17) is 32.7 Å². The molecule has 140 valence electrons. The Bertz CT molecular complexity index is 903. The fourth-order valence-electron chi connectivity index (χ4n) is 2.43. The number of rotatable bonds is 5. The number of halogens is 2. The summed E-state index contributed by atoms with van der Waals surface area (Å²) in [6.07, 6.45) is 0. The summed E-state index contributed by atoms with van der Waals surface area (Å²) in [6, 6.07) is 11.4. The van der Waals surface area contributed by atoms with E-state index >= 15 is 0 Å². The van der Waals surface area contributed by atoms with Gasteiger partial charge in [0.1, 0.15) is 12.3 Å². The van der Waals surface area contributed by atoms with Crippen molar-refractivity contribution in [1.29, 1.82) is 0 Å². The molecule has 1 N–H and O–H groups in total. The Morgan fingerprint density at radius 1 is 1.19 bits per heavy atom. The van der Waals surface area contributed by atoms with E-state index in [0.29, 0.717) is 27.2 Å². The molecule has 1 aliphatic heterocycles. The lowest BCUT2D eigenvalue weighted by atomic mass is 10.2. The van der Waals surface area contributed by atoms with Gasteiger partial charge in [0.15, 0.2) is 13.2 Å². The number of nitrogens with one attached hydrogen (secondary N) is 1. The lowest BCUT2D eigenvalue weighted by molar-refractivity contribution is -0.146. The van der Waals surface area contributed by atoms with Gasteiger partial charge in [-0.3, -0.25) is 19.3 Å². The number of carbonyl (C=O) groups is 3. The number of para-hydroxylation sites is 2. The number of esters is 1. The molecule has 7 nitrogen and oxygen atoms in total. The van der Waals surface area contributed by atoms with Gasteiger partial charge in [-0.15, -0.1) is 0 Å². The number of carbonyl (C=O) groups excluding carboxylic acids is 3. The molecular weight excluding hydrogens is 395 g/mol. The molecule has 0 spiro atoms. The quantitative estimate of drug-likeness (QED) is 0.768. The van der Waals surface area contributed by atoms with Crippen molar-refractivity contribution in [3.05, 3.63) is 52.5 Å². The van der Waals surface area contributed by atoms with Gasteiger partial charge in [-0.25, -0.2) is 0 Å². The fourth-order valence-corrected chi connectivity index (χ4v) is 2.76. The largest absolute Gasteiger partial charge is 0.482 e. The van der Waals surface area contributed by atoms with Crippen LogP contribution in [0.5, 0.6) is 5.75 Å². The summed E-state index contributed by atoms with van der Waals surface area (Å²) in [4.78, 5) is 37.3. The van der Waals surface area contributed by atoms with Crippen molar-refractivity contribution in [3.8, 4) is 5.75 Å². The highest BCUT2D eigenvalue weighted by molar-refractivity contribution is 6.35. The number of nitrogens with zero attached hydrogens (tertiary/aromatic N) is 1. The highest BCUT2D eigenvalue weighted by Crippen LogP contribution is 2.31. The SMILES string of the molecule is O=C(COC(=O)CN1C(=O)COc2ccccc21)Nc1cc(Cl)ccc1Cl. The van der Waals surface area contributed by atoms with Crippen LogP contribution in [0.1, 0.15) is 0 Å². The summed E-state index contributed by atoms with van der Waals surface area (Å²) in [5.41, 5.74) is 0.781. The zero-order chi connectivity index (χ0) is 19.4. The molecule has 0 saturated carbocycles. The molecule has 2 amide bonds. The third-order valence-corrected chi connectivity index (χ3v) is 4.23. The molecule has 0 saturated heterocycles. The monoisotopic (exact) mass is 408 g/mol. The minimum Gasteiger partial charge on any atom is -0.482 e. The number of anilines is 2. The Morgan fingerprint density at radius 2 is 1.96 bits per heavy atom. The highest BCUT2D eigenvalue weighted by atomic mass is 35.5. The molecule has 2 aromatic carbocycles. The predicted molar refractivity (Wildman–Crippen MR) is 100 cm³/mol. The van der Waals surface area contributed by atoms with Crippen LogP contribution >= 0.6 is 23.2 Å². The van der Waals surface area contributed by atoms with Crippen molar-refractivity contribution in [2.75, 3.05) is 30.0 Å². The van der Waals surface area contributed by atoms with Crippen LogP contribution < -0.4 is 15.0 Å². The van der Waals surface area contributed by atoms with Crippen LogP contribution in [-0.4, -0.2) is 37.5 Å². The highest BCUT2D eigenvalue weighted by Gasteiger charge is 2.27. The number of benzene rings is 2. The van der Waals surface area contributed by atoms with Gasteiger partial charge in [-0.1, -0.05) is 35.3 Å². The summed E-state index contributed by atoms with van der Waals surface area (Å²) in [7, 11) is 0. The summed E-state index contributed by atoms with van der Waals surface area (Å²) >= 11 is 11.8. The topological polar surface area (TPSA) is 84.9 Å². The second-order valence-corrected chi connectivity index (χ2v) is 6.41. The van der Waals surface area contributed by atoms with E-state index in [2.05, 4.69) is 5.32 Å². The minimum absolute atomic E-state index is 0.169. The molecule has 1 aliphatic rings. The van der Waals surface area contributed by atoms with Crippen LogP contribution in [0, 0.1) is 0 Å². The molecule has 3 rings (SSSR count). The molecule has 27 heavy (non-hydrogen) atoms. The molecule has 9 heteroatoms. The van der Waals surface area contributed by atoms with E-state index in [9.17, 15) is 14.4 Å². The van der Waals surface area contributed by atoms with Crippen LogP contribution in [0.3, 0.4) is 0 Å². The standard InChI is InChI=1S/C18H14Cl2N2O5/c19-11-5-6-12(20)13(7-11)21-16(23)9-27-18(25)8-22-14-3-1-2-4-15(14)26-10-17(22)24/h1-7H,8-10H2,(H,21,23). The Labute approximate surface area is 164 Å². The Kier molecular flexibility index (Phi) is 5.83. The normalized spacial score (nSPS) is 12.8. The predicted octanol–water partition coefficient (Wildman–Crippen LogP) is 2.90. The Balaban J connectivity index is 1.56. The smallest absolute Gasteiger partial charge is 0.326 e. The number of amides is 2. The number of hydrogen-bond donors (Lipinski definition) is 1. The van der Waals surface area contributed by atoms with E-state index < -0.39 is 18.5 Å². The van der Waals surface area contributed by atoms with Gasteiger partial charge >= 0.3 is 5.97 Å². The molecule has 0 aromatic heterocycles. The van der Waals surface area contributed by atoms with Crippen molar-refractivity contribution in [3.63, 3.8) is 0 Å². The molecule has 0 radical (unpaired) electrons. The third kappa shape index (κ3) is 4.69. The van der Waals surface area contributed by atoms with Crippen LogP contribution in [0.4, 0.5) is 11.4 Å². The molecular formula is C18H14Cl2N2O5. The average molecular weight is 409 g/mol. The number of hydrogen-bond acceptors (Lipinski definition) is 5. The van der Waals surface area contributed by atoms with E-state index in [0.717, 1.165) is 0 Å². The minimum atomic E-state index is -0.729. The van der Waals surface area contributed by atoms with E-state index in [1.165, 1.54) is 17.0 Å². The van der Waals surface area contributed by atoms with E-state index in [1.807, 2.05) is 0 Å². The van der Waals surface area contributed by atoms with Crippen LogP contribution in [0.15, 0.2) is 42.5 Å². The molecule has 1 heterocycles. The van der Waals surface area contributed by atoms with Gasteiger partial charge < -0.3 is 14.8 Å². The van der Waals surface area contributed by atoms with Crippen LogP contribution in [-0.2, 0) is 19.1 Å². The summed E-state index contributed by atoms with van der Waals surface area (Å²) in [6.45, 7) is -1.02. The lowest BCUT2D eigenvalue weighted by Gasteiger charge is -2.28. The second-order valence-electron chi connectivity index (χ2n) is 5.57. The maximum atomic E-state index is 12.1. The first-order valence-electron chi connectivity index (χ1n) is 7.87. The molecule has 0 atom stereocenters. The third-order valence-electron chi connectivity index (χ3n) is 3.66. The Hall–Kier alpha value is -2.77. The number of fused-ring (bicyclic) bond motifs is 1. The zero-order valence-electron chi connectivity index (χ0n) is 13.9. The molecule has 0 bridgehead atoms. The van der Waals surface area contributed by atoms with Crippen molar-refractivity contribution in [1.82, 2.24) is 0 Å². The fraction of sp³-hybridized carbons (Fsp3) is 0.167. The summed E-state index contributed by atoms with van der Waals surface area (Å²) in [5.74, 6) is -1.19. The van der Waals surface area contributed by atoms with Crippen molar-refractivity contribution in [2.24, 2.45) is 0 Å². The average Bonchev–Trinajstić information content (AvgIpc) is 2.65. The molecule has 0 aliphatic carbocycles. The van der Waals surface area contributed by atoms with Crippen molar-refractivity contribution < 1.29 is 23.9 Å². The van der Waals surface area contributed by atoms with Gasteiger partial charge in [0.05, 0.1) is 16.4 Å². The molecule has 2 aromatic rings. The van der Waals surface area contributed by atoms with Crippen LogP contribution in [0.2, 0.25) is 10.0 Å². The van der Waals surface area contributed by atoms with Crippen molar-refractivity contribution in [2.45, 2.75) is 0 Å². The molecule has 0 unspecified atom stereocenters. The van der Waals surface area contributed by atoms with Gasteiger partial charge in [0, 0.05) is 5.02 Å². The first kappa shape index (κ1) is 19.0. The zero-order valence-corrected chi connectivity index (χ0v) is 15.4. The maximum Gasteiger partial charge on any atom is 0.326 e. The Morgan fingerprint density at radius 3 is 2.78 bits per heavy atom.